The summed E-state index contributed by atoms with van der Waals surface area (Å²) in [4.78, 5) is 0. The van der Waals surface area contributed by atoms with Crippen LogP contribution in [0.1, 0.15) is 59.9 Å². The van der Waals surface area contributed by atoms with Crippen molar-refractivity contribution in [1.82, 2.24) is 0 Å². The van der Waals surface area contributed by atoms with Crippen LogP contribution in [0.2, 0.25) is 35.3 Å². The molecule has 0 saturated carbocycles. The summed E-state index contributed by atoms with van der Waals surface area (Å²) in [6.45, 7) is 20.9. The summed E-state index contributed by atoms with van der Waals surface area (Å²) in [5, 5.41) is 1.46. The molecule has 0 spiro atoms. The summed E-state index contributed by atoms with van der Waals surface area (Å²) >= 11 is 0. The molecule has 0 fully saturated rings. The first-order valence-electron chi connectivity index (χ1n) is 16.1. The number of benzene rings is 2. The predicted octanol–water partition coefficient (Wildman–Crippen LogP) is 9.80. The number of allylic oxidation sites excluding steroid dienone is 5. The smallest absolute Gasteiger partial charge is 0.258 e. The Morgan fingerprint density at radius 1 is 0.833 bits per heavy atom. The van der Waals surface area contributed by atoms with Crippen LogP contribution in [0.5, 0.6) is 5.75 Å². The van der Waals surface area contributed by atoms with Gasteiger partial charge in [0, 0.05) is 12.5 Å². The Labute approximate surface area is 258 Å². The number of hydrogen-bond donors (Lipinski definition) is 0. The topological polar surface area (TPSA) is 27.7 Å². The van der Waals surface area contributed by atoms with Crippen LogP contribution in [-0.4, -0.2) is 30.1 Å². The van der Waals surface area contributed by atoms with Gasteiger partial charge in [0.2, 0.25) is 0 Å². The maximum atomic E-state index is 7.58. The third-order valence-corrected chi connectivity index (χ3v) is 20.1. The third kappa shape index (κ3) is 6.90. The van der Waals surface area contributed by atoms with Gasteiger partial charge < -0.3 is 13.9 Å². The molecule has 0 aromatic heterocycles. The summed E-state index contributed by atoms with van der Waals surface area (Å²) in [6.07, 6.45) is 12.0. The van der Waals surface area contributed by atoms with E-state index in [4.69, 9.17) is 13.9 Å². The molecular formula is C37H54O3Si2. The van der Waals surface area contributed by atoms with Crippen molar-refractivity contribution in [3.63, 3.8) is 0 Å². The zero-order valence-electron chi connectivity index (χ0n) is 27.5. The van der Waals surface area contributed by atoms with Gasteiger partial charge in [0.15, 0.2) is 0 Å². The third-order valence-electron chi connectivity index (χ3n) is 10.0. The number of ether oxygens (including phenoxy) is 2. The molecule has 0 unspecified atom stereocenters. The highest BCUT2D eigenvalue weighted by Crippen LogP contribution is 2.49. The zero-order chi connectivity index (χ0) is 30.5. The van der Waals surface area contributed by atoms with Crippen molar-refractivity contribution in [2.45, 2.75) is 96.2 Å². The maximum Gasteiger partial charge on any atom is 0.258 e. The minimum atomic E-state index is -2.12. The molecule has 2 aliphatic carbocycles. The van der Waals surface area contributed by atoms with Gasteiger partial charge in [0.05, 0.1) is 27.5 Å². The summed E-state index contributed by atoms with van der Waals surface area (Å²) < 4.78 is 19.4. The summed E-state index contributed by atoms with van der Waals surface area (Å²) in [5.74, 6) is 2.88. The largest absolute Gasteiger partial charge is 0.545 e. The van der Waals surface area contributed by atoms with E-state index in [1.54, 1.807) is 7.11 Å². The van der Waals surface area contributed by atoms with E-state index in [9.17, 15) is 0 Å². The van der Waals surface area contributed by atoms with Crippen molar-refractivity contribution in [3.8, 4) is 5.75 Å². The first kappa shape index (κ1) is 32.6. The Hall–Kier alpha value is -2.35. The van der Waals surface area contributed by atoms with Crippen molar-refractivity contribution in [2.75, 3.05) is 13.7 Å². The SMILES string of the molecule is COc1ccc([Si](C)(C)[C@@H]2C=C(O[Si](C(C)C)(C(C)C)C(C)C)[C@@H]3CC=CC3=C[C@@H]2CCOCc2ccccc2)cc1. The number of rotatable bonds is 13. The lowest BCUT2D eigenvalue weighted by molar-refractivity contribution is 0.111. The fraction of sp³-hybridized carbons (Fsp3) is 0.514. The fourth-order valence-electron chi connectivity index (χ4n) is 7.68. The minimum Gasteiger partial charge on any atom is -0.545 e. The van der Waals surface area contributed by atoms with E-state index in [0.717, 1.165) is 25.2 Å². The molecule has 2 aromatic rings. The fourth-order valence-corrected chi connectivity index (χ4v) is 16.3. The van der Waals surface area contributed by atoms with E-state index in [2.05, 4.69) is 134 Å². The van der Waals surface area contributed by atoms with Crippen LogP contribution in [0.4, 0.5) is 0 Å². The second-order valence-corrected chi connectivity index (χ2v) is 23.9. The molecule has 0 aliphatic heterocycles. The highest BCUT2D eigenvalue weighted by atomic mass is 28.4. The van der Waals surface area contributed by atoms with Gasteiger partial charge in [-0.15, -0.1) is 0 Å². The second kappa shape index (κ2) is 14.0. The average molecular weight is 603 g/mol. The molecule has 228 valence electrons. The molecule has 42 heavy (non-hydrogen) atoms. The maximum absolute atomic E-state index is 7.58. The van der Waals surface area contributed by atoms with Crippen LogP contribution in [0, 0.1) is 11.8 Å². The molecule has 3 atom stereocenters. The lowest BCUT2D eigenvalue weighted by Crippen LogP contribution is -2.49. The van der Waals surface area contributed by atoms with Gasteiger partial charge in [-0.3, -0.25) is 0 Å². The lowest BCUT2D eigenvalue weighted by atomic mass is 9.97. The lowest BCUT2D eigenvalue weighted by Gasteiger charge is -2.44. The summed E-state index contributed by atoms with van der Waals surface area (Å²) in [7, 11) is -2.37. The Balaban J connectivity index is 1.74. The van der Waals surface area contributed by atoms with Gasteiger partial charge in [-0.1, -0.05) is 121 Å². The van der Waals surface area contributed by atoms with E-state index in [-0.39, 0.29) is 0 Å². The van der Waals surface area contributed by atoms with Crippen LogP contribution >= 0.6 is 0 Å². The van der Waals surface area contributed by atoms with Gasteiger partial charge in [0.1, 0.15) is 5.75 Å². The van der Waals surface area contributed by atoms with Crippen molar-refractivity contribution in [3.05, 3.63) is 95.8 Å². The Kier molecular flexibility index (Phi) is 10.8. The molecule has 0 saturated heterocycles. The molecule has 2 aliphatic rings. The molecule has 3 nitrogen and oxygen atoms in total. The van der Waals surface area contributed by atoms with Crippen molar-refractivity contribution >= 4 is 21.6 Å². The number of fused-ring (bicyclic) bond motifs is 1. The van der Waals surface area contributed by atoms with Crippen molar-refractivity contribution in [2.24, 2.45) is 11.8 Å². The molecular weight excluding hydrogens is 549 g/mol. The van der Waals surface area contributed by atoms with Gasteiger partial charge >= 0.3 is 0 Å². The molecule has 0 bridgehead atoms. The Bertz CT molecular complexity index is 1220. The van der Waals surface area contributed by atoms with E-state index < -0.39 is 16.4 Å². The standard InChI is InChI=1S/C37H54O3Si2/c1-27(2)42(28(3)4,29(5)6)40-36-25-37(41(8,9)34-20-18-33(38-7)19-21-34)32(24-31-16-13-17-35(31)36)22-23-39-26-30-14-11-10-12-15-30/h10-16,18-21,24-25,27-29,32,35,37H,17,22-23,26H2,1-9H3/t32-,35+,37+/m0/s1. The first-order valence-corrected chi connectivity index (χ1v) is 21.3. The quantitative estimate of drug-likeness (QED) is 0.169. The monoisotopic (exact) mass is 602 g/mol. The van der Waals surface area contributed by atoms with Gasteiger partial charge in [-0.2, -0.15) is 0 Å². The van der Waals surface area contributed by atoms with Crippen molar-refractivity contribution in [1.29, 1.82) is 0 Å². The second-order valence-electron chi connectivity index (χ2n) is 13.8. The van der Waals surface area contributed by atoms with Crippen LogP contribution in [0.25, 0.3) is 0 Å². The first-order chi connectivity index (χ1) is 20.0. The summed E-state index contributed by atoms with van der Waals surface area (Å²) in [6, 6.07) is 19.4. The van der Waals surface area contributed by atoms with Crippen LogP contribution < -0.4 is 9.92 Å². The molecule has 4 rings (SSSR count). The normalized spacial score (nSPS) is 20.9. The van der Waals surface area contributed by atoms with Crippen LogP contribution in [0.3, 0.4) is 0 Å². The van der Waals surface area contributed by atoms with Crippen LogP contribution in [-0.2, 0) is 15.8 Å². The van der Waals surface area contributed by atoms with E-state index >= 15 is 0 Å². The van der Waals surface area contributed by atoms with E-state index in [1.807, 2.05) is 0 Å². The molecule has 2 aromatic carbocycles. The Morgan fingerprint density at radius 3 is 2.07 bits per heavy atom. The average Bonchev–Trinajstić information content (AvgIpc) is 3.37. The number of hydrogen-bond acceptors (Lipinski definition) is 3. The van der Waals surface area contributed by atoms with Gasteiger partial charge in [0.25, 0.3) is 8.32 Å². The van der Waals surface area contributed by atoms with Gasteiger partial charge in [-0.05, 0) is 70.3 Å². The molecule has 0 radical (unpaired) electrons. The summed E-state index contributed by atoms with van der Waals surface area (Å²) in [5.41, 5.74) is 4.68. The molecule has 5 heteroatoms. The molecule has 0 amide bonds. The Morgan fingerprint density at radius 2 is 1.48 bits per heavy atom. The van der Waals surface area contributed by atoms with E-state index in [0.29, 0.717) is 40.6 Å². The molecule has 0 heterocycles. The van der Waals surface area contributed by atoms with Crippen LogP contribution in [0.15, 0.2) is 90.2 Å². The van der Waals surface area contributed by atoms with Gasteiger partial charge in [-0.25, -0.2) is 0 Å². The highest BCUT2D eigenvalue weighted by molar-refractivity contribution is 6.91. The highest BCUT2D eigenvalue weighted by Gasteiger charge is 2.49. The van der Waals surface area contributed by atoms with E-state index in [1.165, 1.54) is 22.1 Å². The minimum absolute atomic E-state index is 0.325. The number of methoxy groups -OCH3 is 1. The predicted molar refractivity (Wildman–Crippen MR) is 184 cm³/mol. The zero-order valence-corrected chi connectivity index (χ0v) is 29.5. The molecule has 0 N–H and O–H groups in total. The van der Waals surface area contributed by atoms with Crippen molar-refractivity contribution < 1.29 is 13.9 Å².